The molecule has 0 spiro atoms. The molecule has 30 heavy (non-hydrogen) atoms. The van der Waals surface area contributed by atoms with E-state index < -0.39 is 6.04 Å². The first-order valence-corrected chi connectivity index (χ1v) is 10.6. The van der Waals surface area contributed by atoms with Crippen molar-refractivity contribution in [1.82, 2.24) is 9.91 Å². The molecule has 0 radical (unpaired) electrons. The Morgan fingerprint density at radius 3 is 2.80 bits per heavy atom. The van der Waals surface area contributed by atoms with Gasteiger partial charge in [-0.2, -0.15) is 5.10 Å². The van der Waals surface area contributed by atoms with Gasteiger partial charge in [-0.3, -0.25) is 9.69 Å². The first-order valence-electron chi connectivity index (χ1n) is 10.6. The first kappa shape index (κ1) is 20.5. The molecule has 2 aliphatic rings. The summed E-state index contributed by atoms with van der Waals surface area (Å²) in [7, 11) is 1.62. The second kappa shape index (κ2) is 8.96. The summed E-state index contributed by atoms with van der Waals surface area (Å²) in [5.41, 5.74) is 2.15. The minimum atomic E-state index is -0.444. The second-order valence-corrected chi connectivity index (χ2v) is 8.07. The lowest BCUT2D eigenvalue weighted by molar-refractivity contribution is -0.135. The number of nitrogens with zero attached hydrogens (tertiary/aromatic N) is 3. The van der Waals surface area contributed by atoms with Crippen LogP contribution in [0.1, 0.15) is 49.8 Å². The number of piperidine rings is 1. The molecule has 2 aromatic carbocycles. The molecule has 4 rings (SSSR count). The highest BCUT2D eigenvalue weighted by Crippen LogP contribution is 2.35. The average Bonchev–Trinajstić information content (AvgIpc) is 3.21. The number of likely N-dealkylation sites (tertiary alicyclic amines) is 1. The standard InChI is InChI=1S/C24H28FN3O2/c1-17-8-5-6-13-27(17)16-24(29)28-23(20-11-3-4-12-21(20)25)15-22(26-28)18-9-7-10-19(14-18)30-2/h3-4,7,9-12,14,17,23H,5-6,8,13,15-16H2,1-2H3/t17-,23-/m1/s1. The van der Waals surface area contributed by atoms with Crippen molar-refractivity contribution < 1.29 is 13.9 Å². The van der Waals surface area contributed by atoms with Crippen LogP contribution in [0.5, 0.6) is 5.75 Å². The monoisotopic (exact) mass is 409 g/mol. The molecular weight excluding hydrogens is 381 g/mol. The van der Waals surface area contributed by atoms with E-state index in [1.165, 1.54) is 17.5 Å². The van der Waals surface area contributed by atoms with E-state index in [2.05, 4.69) is 16.9 Å². The predicted molar refractivity (Wildman–Crippen MR) is 115 cm³/mol. The number of carbonyl (C=O) groups is 1. The smallest absolute Gasteiger partial charge is 0.257 e. The lowest BCUT2D eigenvalue weighted by Gasteiger charge is -2.34. The van der Waals surface area contributed by atoms with Crippen LogP contribution in [-0.4, -0.2) is 47.8 Å². The molecule has 0 N–H and O–H groups in total. The van der Waals surface area contributed by atoms with Gasteiger partial charge in [0.2, 0.25) is 0 Å². The summed E-state index contributed by atoms with van der Waals surface area (Å²) in [4.78, 5) is 15.5. The van der Waals surface area contributed by atoms with Crippen LogP contribution >= 0.6 is 0 Å². The number of benzene rings is 2. The zero-order valence-electron chi connectivity index (χ0n) is 17.6. The van der Waals surface area contributed by atoms with Gasteiger partial charge < -0.3 is 4.74 Å². The molecule has 0 saturated carbocycles. The van der Waals surface area contributed by atoms with Crippen LogP contribution in [0.2, 0.25) is 0 Å². The number of halogens is 1. The number of amides is 1. The Kier molecular flexibility index (Phi) is 6.13. The Labute approximate surface area is 177 Å². The maximum absolute atomic E-state index is 14.6. The van der Waals surface area contributed by atoms with Gasteiger partial charge in [0.25, 0.3) is 5.91 Å². The molecule has 2 atom stereocenters. The van der Waals surface area contributed by atoms with E-state index in [1.54, 1.807) is 25.3 Å². The third-order valence-corrected chi connectivity index (χ3v) is 6.11. The van der Waals surface area contributed by atoms with Crippen LogP contribution in [0.4, 0.5) is 4.39 Å². The molecule has 5 nitrogen and oxygen atoms in total. The van der Waals surface area contributed by atoms with Crippen molar-refractivity contribution in [2.45, 2.75) is 44.7 Å². The van der Waals surface area contributed by atoms with Crippen LogP contribution in [0, 0.1) is 5.82 Å². The van der Waals surface area contributed by atoms with E-state index in [0.29, 0.717) is 24.6 Å². The fourth-order valence-electron chi connectivity index (χ4n) is 4.34. The van der Waals surface area contributed by atoms with Crippen molar-refractivity contribution in [3.05, 3.63) is 65.5 Å². The fourth-order valence-corrected chi connectivity index (χ4v) is 4.34. The molecule has 158 valence electrons. The van der Waals surface area contributed by atoms with E-state index in [0.717, 1.165) is 36.4 Å². The van der Waals surface area contributed by atoms with Gasteiger partial charge >= 0.3 is 0 Å². The summed E-state index contributed by atoms with van der Waals surface area (Å²) in [6.45, 7) is 3.38. The summed E-state index contributed by atoms with van der Waals surface area (Å²) in [5, 5.41) is 6.17. The molecule has 2 aliphatic heterocycles. The Balaban J connectivity index is 1.64. The highest BCUT2D eigenvalue weighted by Gasteiger charge is 2.35. The average molecular weight is 410 g/mol. The maximum atomic E-state index is 14.6. The normalized spacial score (nSPS) is 22.1. The number of carbonyl (C=O) groups excluding carboxylic acids is 1. The molecule has 1 fully saturated rings. The number of methoxy groups -OCH3 is 1. The molecule has 1 amide bonds. The SMILES string of the molecule is COc1cccc(C2=NN(C(=O)CN3CCCC[C@H]3C)[C@@H](c3ccccc3F)C2)c1. The molecule has 1 saturated heterocycles. The Morgan fingerprint density at radius 1 is 1.20 bits per heavy atom. The van der Waals surface area contributed by atoms with Crippen molar-refractivity contribution in [2.24, 2.45) is 5.10 Å². The summed E-state index contributed by atoms with van der Waals surface area (Å²) in [6, 6.07) is 14.2. The van der Waals surface area contributed by atoms with Crippen LogP contribution in [0.3, 0.4) is 0 Å². The van der Waals surface area contributed by atoms with E-state index in [4.69, 9.17) is 4.74 Å². The summed E-state index contributed by atoms with van der Waals surface area (Å²) in [5.74, 6) is 0.327. The van der Waals surface area contributed by atoms with Crippen molar-refractivity contribution in [3.63, 3.8) is 0 Å². The topological polar surface area (TPSA) is 45.1 Å². The van der Waals surface area contributed by atoms with Crippen LogP contribution in [0.15, 0.2) is 53.6 Å². The summed E-state index contributed by atoms with van der Waals surface area (Å²) in [6.07, 6.45) is 3.87. The molecule has 0 aromatic heterocycles. The van der Waals surface area contributed by atoms with Crippen LogP contribution in [0.25, 0.3) is 0 Å². The highest BCUT2D eigenvalue weighted by atomic mass is 19.1. The molecule has 2 heterocycles. The van der Waals surface area contributed by atoms with E-state index in [9.17, 15) is 9.18 Å². The summed E-state index contributed by atoms with van der Waals surface area (Å²) >= 11 is 0. The summed E-state index contributed by atoms with van der Waals surface area (Å²) < 4.78 is 20.0. The Hall–Kier alpha value is -2.73. The lowest BCUT2D eigenvalue weighted by atomic mass is 9.97. The number of rotatable bonds is 5. The fraction of sp³-hybridized carbons (Fsp3) is 0.417. The molecule has 0 aliphatic carbocycles. The van der Waals surface area contributed by atoms with E-state index in [1.807, 2.05) is 24.3 Å². The minimum absolute atomic E-state index is 0.0881. The van der Waals surface area contributed by atoms with Crippen molar-refractivity contribution in [1.29, 1.82) is 0 Å². The minimum Gasteiger partial charge on any atom is -0.497 e. The van der Waals surface area contributed by atoms with Crippen molar-refractivity contribution in [2.75, 3.05) is 20.2 Å². The number of hydrazone groups is 1. The molecule has 6 heteroatoms. The van der Waals surface area contributed by atoms with Gasteiger partial charge in [-0.15, -0.1) is 0 Å². The highest BCUT2D eigenvalue weighted by molar-refractivity contribution is 6.03. The number of ether oxygens (including phenoxy) is 1. The largest absolute Gasteiger partial charge is 0.497 e. The Morgan fingerprint density at radius 2 is 2.03 bits per heavy atom. The Bertz CT molecular complexity index is 946. The van der Waals surface area contributed by atoms with Gasteiger partial charge in [0.15, 0.2) is 0 Å². The number of hydrogen-bond donors (Lipinski definition) is 0. The third kappa shape index (κ3) is 4.24. The van der Waals surface area contributed by atoms with Gasteiger partial charge in [0.1, 0.15) is 11.6 Å². The van der Waals surface area contributed by atoms with Crippen molar-refractivity contribution >= 4 is 11.6 Å². The van der Waals surface area contributed by atoms with Gasteiger partial charge in [0, 0.05) is 23.6 Å². The predicted octanol–water partition coefficient (Wildman–Crippen LogP) is 4.39. The van der Waals surface area contributed by atoms with Gasteiger partial charge in [-0.05, 0) is 44.5 Å². The third-order valence-electron chi connectivity index (χ3n) is 6.11. The molecule has 0 unspecified atom stereocenters. The van der Waals surface area contributed by atoms with Gasteiger partial charge in [-0.25, -0.2) is 9.40 Å². The first-order chi connectivity index (χ1) is 14.6. The molecular formula is C24H28FN3O2. The maximum Gasteiger partial charge on any atom is 0.257 e. The van der Waals surface area contributed by atoms with E-state index in [-0.39, 0.29) is 11.7 Å². The van der Waals surface area contributed by atoms with Crippen LogP contribution < -0.4 is 4.74 Å². The van der Waals surface area contributed by atoms with Crippen molar-refractivity contribution in [3.8, 4) is 5.75 Å². The lowest BCUT2D eigenvalue weighted by Crippen LogP contribution is -2.44. The molecule has 2 aromatic rings. The number of hydrogen-bond acceptors (Lipinski definition) is 4. The van der Waals surface area contributed by atoms with Gasteiger partial charge in [-0.1, -0.05) is 36.8 Å². The zero-order valence-corrected chi connectivity index (χ0v) is 17.6. The molecule has 0 bridgehead atoms. The van der Waals surface area contributed by atoms with E-state index >= 15 is 0 Å². The zero-order chi connectivity index (χ0) is 21.1. The van der Waals surface area contributed by atoms with Crippen LogP contribution in [-0.2, 0) is 4.79 Å². The van der Waals surface area contributed by atoms with Gasteiger partial charge in [0.05, 0.1) is 25.4 Å². The second-order valence-electron chi connectivity index (χ2n) is 8.07. The quantitative estimate of drug-likeness (QED) is 0.736.